The maximum atomic E-state index is 12.2. The van der Waals surface area contributed by atoms with Crippen molar-refractivity contribution in [1.82, 2.24) is 9.88 Å². The van der Waals surface area contributed by atoms with E-state index in [1.165, 1.54) is 18.5 Å². The van der Waals surface area contributed by atoms with Crippen molar-refractivity contribution in [2.24, 2.45) is 0 Å². The van der Waals surface area contributed by atoms with Gasteiger partial charge in [0.15, 0.2) is 0 Å². The molecule has 1 aromatic heterocycles. The Morgan fingerprint density at radius 1 is 1.12 bits per heavy atom. The largest absolute Gasteiger partial charge is 0.342 e. The van der Waals surface area contributed by atoms with Crippen molar-refractivity contribution in [3.05, 3.63) is 54.4 Å². The minimum absolute atomic E-state index is 0.110. The van der Waals surface area contributed by atoms with E-state index in [4.69, 9.17) is 0 Å². The number of sulfonamides is 1. The Kier molecular flexibility index (Phi) is 4.80. The van der Waals surface area contributed by atoms with Crippen molar-refractivity contribution in [2.75, 3.05) is 17.8 Å². The Hall–Kier alpha value is -2.41. The molecule has 1 fully saturated rings. The van der Waals surface area contributed by atoms with Gasteiger partial charge in [0.25, 0.3) is 10.0 Å². The number of likely N-dealkylation sites (tertiary alicyclic amines) is 1. The normalized spacial score (nSPS) is 14.6. The zero-order valence-corrected chi connectivity index (χ0v) is 14.0. The quantitative estimate of drug-likeness (QED) is 0.899. The number of pyridine rings is 1. The van der Waals surface area contributed by atoms with E-state index in [2.05, 4.69) is 9.71 Å². The monoisotopic (exact) mass is 345 g/mol. The van der Waals surface area contributed by atoms with Crippen LogP contribution >= 0.6 is 0 Å². The highest BCUT2D eigenvalue weighted by Crippen LogP contribution is 2.17. The first-order valence-electron chi connectivity index (χ1n) is 7.84. The van der Waals surface area contributed by atoms with Crippen LogP contribution in [0.25, 0.3) is 0 Å². The third kappa shape index (κ3) is 3.91. The minimum atomic E-state index is -3.65. The number of amides is 1. The maximum absolute atomic E-state index is 12.2. The molecule has 1 amide bonds. The van der Waals surface area contributed by atoms with Crippen LogP contribution < -0.4 is 4.72 Å². The first-order chi connectivity index (χ1) is 11.5. The third-order valence-electron chi connectivity index (χ3n) is 3.96. The Morgan fingerprint density at radius 2 is 1.83 bits per heavy atom. The number of aromatic nitrogens is 1. The fourth-order valence-electron chi connectivity index (χ4n) is 2.66. The van der Waals surface area contributed by atoms with Crippen molar-refractivity contribution >= 4 is 21.6 Å². The number of rotatable bonds is 5. The molecule has 0 bridgehead atoms. The number of hydrogen-bond acceptors (Lipinski definition) is 4. The van der Waals surface area contributed by atoms with Gasteiger partial charge in [-0.1, -0.05) is 12.1 Å². The summed E-state index contributed by atoms with van der Waals surface area (Å²) in [7, 11) is -3.65. The van der Waals surface area contributed by atoms with E-state index in [1.807, 2.05) is 4.90 Å². The third-order valence-corrected chi connectivity index (χ3v) is 5.33. The van der Waals surface area contributed by atoms with Gasteiger partial charge in [-0.15, -0.1) is 0 Å². The van der Waals surface area contributed by atoms with Crippen LogP contribution in [-0.4, -0.2) is 37.3 Å². The van der Waals surface area contributed by atoms with Crippen LogP contribution in [0.1, 0.15) is 18.4 Å². The summed E-state index contributed by atoms with van der Waals surface area (Å²) in [4.78, 5) is 17.9. The Balaban J connectivity index is 1.65. The molecular weight excluding hydrogens is 326 g/mol. The Labute approximate surface area is 141 Å². The lowest BCUT2D eigenvalue weighted by molar-refractivity contribution is -0.129. The van der Waals surface area contributed by atoms with E-state index >= 15 is 0 Å². The van der Waals surface area contributed by atoms with Gasteiger partial charge in [-0.2, -0.15) is 0 Å². The average molecular weight is 345 g/mol. The molecule has 24 heavy (non-hydrogen) atoms. The van der Waals surface area contributed by atoms with Gasteiger partial charge in [0.2, 0.25) is 5.91 Å². The van der Waals surface area contributed by atoms with Crippen LogP contribution in [0, 0.1) is 0 Å². The summed E-state index contributed by atoms with van der Waals surface area (Å²) in [6, 6.07) is 9.94. The summed E-state index contributed by atoms with van der Waals surface area (Å²) in [5.74, 6) is 0.121. The summed E-state index contributed by atoms with van der Waals surface area (Å²) >= 11 is 0. The van der Waals surface area contributed by atoms with Gasteiger partial charge in [-0.3, -0.25) is 14.5 Å². The van der Waals surface area contributed by atoms with Crippen molar-refractivity contribution in [3.63, 3.8) is 0 Å². The first-order valence-corrected chi connectivity index (χ1v) is 9.32. The van der Waals surface area contributed by atoms with Crippen LogP contribution in [0.5, 0.6) is 0 Å². The van der Waals surface area contributed by atoms with Gasteiger partial charge < -0.3 is 4.90 Å². The lowest BCUT2D eigenvalue weighted by Gasteiger charge is -2.15. The molecule has 1 saturated heterocycles. The molecule has 2 heterocycles. The highest BCUT2D eigenvalue weighted by atomic mass is 32.2. The van der Waals surface area contributed by atoms with Crippen molar-refractivity contribution in [3.8, 4) is 0 Å². The highest BCUT2D eigenvalue weighted by Gasteiger charge is 2.18. The van der Waals surface area contributed by atoms with Crippen LogP contribution in [0.4, 0.5) is 5.69 Å². The van der Waals surface area contributed by atoms with E-state index in [0.717, 1.165) is 31.5 Å². The number of hydrogen-bond donors (Lipinski definition) is 1. The van der Waals surface area contributed by atoms with Gasteiger partial charge in [0, 0.05) is 31.2 Å². The summed E-state index contributed by atoms with van der Waals surface area (Å²) < 4.78 is 27.0. The van der Waals surface area contributed by atoms with Gasteiger partial charge in [0.1, 0.15) is 4.90 Å². The summed E-state index contributed by atoms with van der Waals surface area (Å²) in [5.41, 5.74) is 1.33. The molecule has 0 saturated carbocycles. The van der Waals surface area contributed by atoms with E-state index in [0.29, 0.717) is 12.1 Å². The smallest absolute Gasteiger partial charge is 0.263 e. The molecule has 0 atom stereocenters. The highest BCUT2D eigenvalue weighted by molar-refractivity contribution is 7.92. The molecular formula is C17H19N3O3S. The molecule has 0 spiro atoms. The molecule has 0 unspecified atom stereocenters. The second-order valence-electron chi connectivity index (χ2n) is 5.76. The predicted octanol–water partition coefficient (Wildman–Crippen LogP) is 2.05. The van der Waals surface area contributed by atoms with Crippen LogP contribution in [0.3, 0.4) is 0 Å². The molecule has 1 aliphatic rings. The molecule has 0 radical (unpaired) electrons. The number of benzene rings is 1. The maximum Gasteiger partial charge on any atom is 0.263 e. The molecule has 1 N–H and O–H groups in total. The number of carbonyl (C=O) groups excluding carboxylic acids is 1. The summed E-state index contributed by atoms with van der Waals surface area (Å²) in [5, 5.41) is 0. The lowest BCUT2D eigenvalue weighted by Crippen LogP contribution is -2.29. The van der Waals surface area contributed by atoms with E-state index < -0.39 is 10.0 Å². The Bertz CT molecular complexity index is 799. The zero-order chi connectivity index (χ0) is 17.0. The minimum Gasteiger partial charge on any atom is -0.342 e. The van der Waals surface area contributed by atoms with Crippen LogP contribution in [0.15, 0.2) is 53.7 Å². The number of nitrogens with zero attached hydrogens (tertiary/aromatic N) is 2. The molecule has 2 aromatic rings. The van der Waals surface area contributed by atoms with E-state index in [1.54, 1.807) is 30.3 Å². The molecule has 3 rings (SSSR count). The standard InChI is InChI=1S/C17H19N3O3S/c21-17(20-10-1-2-11-20)12-14-5-7-15(8-6-14)19-24(22,23)16-4-3-9-18-13-16/h3-9,13,19H,1-2,10-12H2. The van der Waals surface area contributed by atoms with Crippen LogP contribution in [-0.2, 0) is 21.2 Å². The first kappa shape index (κ1) is 16.4. The summed E-state index contributed by atoms with van der Waals surface area (Å²) in [6.07, 6.45) is 5.30. The number of carbonyl (C=O) groups is 1. The second kappa shape index (κ2) is 7.00. The molecule has 6 nitrogen and oxygen atoms in total. The fraction of sp³-hybridized carbons (Fsp3) is 0.294. The van der Waals surface area contributed by atoms with Crippen molar-refractivity contribution < 1.29 is 13.2 Å². The molecule has 1 aromatic carbocycles. The molecule has 7 heteroatoms. The topological polar surface area (TPSA) is 79.4 Å². The average Bonchev–Trinajstić information content (AvgIpc) is 3.12. The van der Waals surface area contributed by atoms with E-state index in [-0.39, 0.29) is 10.8 Å². The Morgan fingerprint density at radius 3 is 2.46 bits per heavy atom. The second-order valence-corrected chi connectivity index (χ2v) is 7.44. The molecule has 1 aliphatic heterocycles. The number of anilines is 1. The van der Waals surface area contributed by atoms with Gasteiger partial charge in [-0.25, -0.2) is 8.42 Å². The van der Waals surface area contributed by atoms with Gasteiger partial charge >= 0.3 is 0 Å². The SMILES string of the molecule is O=C(Cc1ccc(NS(=O)(=O)c2cccnc2)cc1)N1CCCC1. The summed E-state index contributed by atoms with van der Waals surface area (Å²) in [6.45, 7) is 1.67. The fourth-order valence-corrected chi connectivity index (χ4v) is 3.69. The lowest BCUT2D eigenvalue weighted by atomic mass is 10.1. The van der Waals surface area contributed by atoms with Crippen molar-refractivity contribution in [2.45, 2.75) is 24.2 Å². The van der Waals surface area contributed by atoms with Gasteiger partial charge in [-0.05, 0) is 42.7 Å². The predicted molar refractivity (Wildman–Crippen MR) is 91.0 cm³/mol. The van der Waals surface area contributed by atoms with E-state index in [9.17, 15) is 13.2 Å². The molecule has 126 valence electrons. The van der Waals surface area contributed by atoms with Crippen molar-refractivity contribution in [1.29, 1.82) is 0 Å². The van der Waals surface area contributed by atoms with Crippen LogP contribution in [0.2, 0.25) is 0 Å². The number of nitrogens with one attached hydrogen (secondary N) is 1. The van der Waals surface area contributed by atoms with Gasteiger partial charge in [0.05, 0.1) is 6.42 Å². The zero-order valence-electron chi connectivity index (χ0n) is 13.2. The molecule has 0 aliphatic carbocycles.